The fourth-order valence-corrected chi connectivity index (χ4v) is 2.49. The van der Waals surface area contributed by atoms with Crippen molar-refractivity contribution in [1.29, 1.82) is 0 Å². The van der Waals surface area contributed by atoms with Gasteiger partial charge in [-0.3, -0.25) is 14.4 Å². The van der Waals surface area contributed by atoms with Crippen LogP contribution in [-0.2, 0) is 42.8 Å². The van der Waals surface area contributed by atoms with E-state index in [0.29, 0.717) is 5.89 Å². The van der Waals surface area contributed by atoms with Crippen molar-refractivity contribution in [2.75, 3.05) is 20.7 Å². The first kappa shape index (κ1) is 15.7. The van der Waals surface area contributed by atoms with Crippen LogP contribution in [0.3, 0.4) is 0 Å². The van der Waals surface area contributed by atoms with Gasteiger partial charge in [-0.1, -0.05) is 0 Å². The van der Waals surface area contributed by atoms with Gasteiger partial charge < -0.3 is 14.1 Å². The van der Waals surface area contributed by atoms with E-state index in [1.807, 2.05) is 19.4 Å². The zero-order chi connectivity index (χ0) is 16.4. The summed E-state index contributed by atoms with van der Waals surface area (Å²) < 4.78 is 12.8. The van der Waals surface area contributed by atoms with Crippen LogP contribution in [0.5, 0.6) is 0 Å². The van der Waals surface area contributed by atoms with Crippen LogP contribution in [0.2, 0.25) is 0 Å². The number of carbonyl (C=O) groups is 1. The smallest absolute Gasteiger partial charge is 0.248 e. The first-order chi connectivity index (χ1) is 11.0. The van der Waals surface area contributed by atoms with E-state index >= 15 is 0 Å². The van der Waals surface area contributed by atoms with E-state index in [1.165, 1.54) is 10.5 Å². The number of aryl methyl sites for hydroxylation is 1. The number of likely N-dealkylation sites (N-methyl/N-ethyl adjacent to an activating group) is 1. The summed E-state index contributed by atoms with van der Waals surface area (Å²) >= 11 is 0. The molecule has 1 aliphatic rings. The van der Waals surface area contributed by atoms with Gasteiger partial charge in [0.1, 0.15) is 19.0 Å². The zero-order valence-electron chi connectivity index (χ0n) is 13.7. The third-order valence-corrected chi connectivity index (χ3v) is 3.68. The van der Waals surface area contributed by atoms with Crippen LogP contribution >= 0.6 is 0 Å². The molecule has 0 radical (unpaired) electrons. The van der Waals surface area contributed by atoms with Gasteiger partial charge in [0.15, 0.2) is 0 Å². The lowest BCUT2D eigenvalue weighted by Crippen LogP contribution is -2.26. The average molecular weight is 319 g/mol. The lowest BCUT2D eigenvalue weighted by Gasteiger charge is -2.12. The van der Waals surface area contributed by atoms with Crippen molar-refractivity contribution in [3.63, 3.8) is 0 Å². The Bertz CT molecular complexity index is 668. The Balaban J connectivity index is 1.49. The number of carbonyl (C=O) groups excluding carboxylic acids is 1. The van der Waals surface area contributed by atoms with Crippen LogP contribution in [-0.4, -0.2) is 51.2 Å². The average Bonchev–Trinajstić information content (AvgIpc) is 3.14. The third kappa shape index (κ3) is 3.77. The molecule has 1 amide bonds. The standard InChI is InChI=1S/C15H21N5O3/c1-18(2)15(21)10-22-9-14-17-12-7-20(8-13(12)23-14)6-11-4-16-19(3)5-11/h4-5H,6-10H2,1-3H3. The van der Waals surface area contributed by atoms with E-state index in [4.69, 9.17) is 9.15 Å². The van der Waals surface area contributed by atoms with Gasteiger partial charge in [-0.15, -0.1) is 0 Å². The molecular formula is C15H21N5O3. The molecule has 1 aliphatic heterocycles. The van der Waals surface area contributed by atoms with Gasteiger partial charge in [0, 0.05) is 46.0 Å². The van der Waals surface area contributed by atoms with Crippen LogP contribution < -0.4 is 0 Å². The molecule has 8 heteroatoms. The van der Waals surface area contributed by atoms with Crippen molar-refractivity contribution in [2.24, 2.45) is 7.05 Å². The minimum absolute atomic E-state index is 0.0349. The number of aromatic nitrogens is 3. The van der Waals surface area contributed by atoms with E-state index in [9.17, 15) is 4.79 Å². The summed E-state index contributed by atoms with van der Waals surface area (Å²) in [5, 5.41) is 4.17. The number of amides is 1. The number of rotatable bonds is 6. The number of oxazole rings is 1. The van der Waals surface area contributed by atoms with Crippen molar-refractivity contribution in [1.82, 2.24) is 24.6 Å². The first-order valence-corrected chi connectivity index (χ1v) is 7.46. The Hall–Kier alpha value is -2.19. The maximum atomic E-state index is 11.4. The minimum Gasteiger partial charge on any atom is -0.441 e. The molecule has 0 unspecified atom stereocenters. The summed E-state index contributed by atoms with van der Waals surface area (Å²) in [5.74, 6) is 1.33. The summed E-state index contributed by atoms with van der Waals surface area (Å²) in [7, 11) is 5.30. The highest BCUT2D eigenvalue weighted by atomic mass is 16.5. The van der Waals surface area contributed by atoms with E-state index in [-0.39, 0.29) is 19.1 Å². The number of ether oxygens (including phenoxy) is 1. The molecule has 3 rings (SSSR count). The molecule has 8 nitrogen and oxygen atoms in total. The lowest BCUT2D eigenvalue weighted by molar-refractivity contribution is -0.134. The van der Waals surface area contributed by atoms with Gasteiger partial charge in [-0.05, 0) is 0 Å². The monoisotopic (exact) mass is 319 g/mol. The number of fused-ring (bicyclic) bond motifs is 1. The Labute approximate surface area is 134 Å². The van der Waals surface area contributed by atoms with Crippen molar-refractivity contribution in [2.45, 2.75) is 26.2 Å². The topological polar surface area (TPSA) is 76.6 Å². The molecule has 0 N–H and O–H groups in total. The third-order valence-electron chi connectivity index (χ3n) is 3.68. The lowest BCUT2D eigenvalue weighted by atomic mass is 10.3. The molecule has 0 bridgehead atoms. The second kappa shape index (κ2) is 6.51. The molecule has 0 aliphatic carbocycles. The normalized spacial score (nSPS) is 14.2. The molecule has 3 heterocycles. The molecule has 0 spiro atoms. The van der Waals surface area contributed by atoms with E-state index in [2.05, 4.69) is 15.0 Å². The second-order valence-corrected chi connectivity index (χ2v) is 5.93. The van der Waals surface area contributed by atoms with Gasteiger partial charge >= 0.3 is 0 Å². The zero-order valence-corrected chi connectivity index (χ0v) is 13.7. The van der Waals surface area contributed by atoms with Crippen LogP contribution in [0, 0.1) is 0 Å². The molecule has 2 aromatic heterocycles. The molecule has 0 saturated carbocycles. The van der Waals surface area contributed by atoms with Crippen LogP contribution in [0.1, 0.15) is 22.9 Å². The van der Waals surface area contributed by atoms with Crippen LogP contribution in [0.25, 0.3) is 0 Å². The van der Waals surface area contributed by atoms with Gasteiger partial charge in [0.05, 0.1) is 18.4 Å². The van der Waals surface area contributed by atoms with Gasteiger partial charge in [0.2, 0.25) is 11.8 Å². The number of nitrogens with zero attached hydrogens (tertiary/aromatic N) is 5. The predicted molar refractivity (Wildman–Crippen MR) is 81.0 cm³/mol. The Kier molecular flexibility index (Phi) is 4.44. The molecule has 0 aromatic carbocycles. The largest absolute Gasteiger partial charge is 0.441 e. The minimum atomic E-state index is -0.0771. The molecular weight excluding hydrogens is 298 g/mol. The number of hydrogen-bond acceptors (Lipinski definition) is 6. The van der Waals surface area contributed by atoms with Crippen molar-refractivity contribution >= 4 is 5.91 Å². The summed E-state index contributed by atoms with van der Waals surface area (Å²) in [6, 6.07) is 0. The number of hydrogen-bond donors (Lipinski definition) is 0. The Morgan fingerprint density at radius 2 is 2.26 bits per heavy atom. The maximum Gasteiger partial charge on any atom is 0.248 e. The van der Waals surface area contributed by atoms with Crippen molar-refractivity contribution < 1.29 is 13.9 Å². The molecule has 0 saturated heterocycles. The summed E-state index contributed by atoms with van der Waals surface area (Å²) in [4.78, 5) is 19.6. The molecule has 2 aromatic rings. The van der Waals surface area contributed by atoms with E-state index in [0.717, 1.165) is 31.1 Å². The van der Waals surface area contributed by atoms with Crippen molar-refractivity contribution in [3.05, 3.63) is 35.3 Å². The quantitative estimate of drug-likeness (QED) is 0.773. The van der Waals surface area contributed by atoms with Gasteiger partial charge in [-0.25, -0.2) is 4.98 Å². The molecule has 0 fully saturated rings. The predicted octanol–water partition coefficient (Wildman–Crippen LogP) is 0.529. The highest BCUT2D eigenvalue weighted by molar-refractivity contribution is 5.76. The Morgan fingerprint density at radius 3 is 2.91 bits per heavy atom. The molecule has 0 atom stereocenters. The van der Waals surface area contributed by atoms with Crippen LogP contribution in [0.4, 0.5) is 0 Å². The fraction of sp³-hybridized carbons (Fsp3) is 0.533. The van der Waals surface area contributed by atoms with Crippen LogP contribution in [0.15, 0.2) is 16.8 Å². The highest BCUT2D eigenvalue weighted by Crippen LogP contribution is 2.25. The van der Waals surface area contributed by atoms with Gasteiger partial charge in [-0.2, -0.15) is 5.10 Å². The maximum absolute atomic E-state index is 11.4. The Morgan fingerprint density at radius 1 is 1.43 bits per heavy atom. The second-order valence-electron chi connectivity index (χ2n) is 5.93. The van der Waals surface area contributed by atoms with E-state index < -0.39 is 0 Å². The summed E-state index contributed by atoms with van der Waals surface area (Å²) in [6.07, 6.45) is 3.88. The molecule has 124 valence electrons. The van der Waals surface area contributed by atoms with Gasteiger partial charge in [0.25, 0.3) is 0 Å². The van der Waals surface area contributed by atoms with E-state index in [1.54, 1.807) is 18.8 Å². The summed E-state index contributed by atoms with van der Waals surface area (Å²) in [6.45, 7) is 2.56. The highest BCUT2D eigenvalue weighted by Gasteiger charge is 2.25. The molecule has 23 heavy (non-hydrogen) atoms. The fourth-order valence-electron chi connectivity index (χ4n) is 2.49. The summed E-state index contributed by atoms with van der Waals surface area (Å²) in [5.41, 5.74) is 2.12. The SMILES string of the molecule is CN(C)C(=O)COCc1nc2c(o1)CN(Cc1cnn(C)c1)C2. The van der Waals surface area contributed by atoms with Crippen molar-refractivity contribution in [3.8, 4) is 0 Å². The first-order valence-electron chi connectivity index (χ1n) is 7.46.